The third-order valence-electron chi connectivity index (χ3n) is 3.15. The molecule has 1 aliphatic carbocycles. The second-order valence-corrected chi connectivity index (χ2v) is 5.74. The average Bonchev–Trinajstić information content (AvgIpc) is 3.15. The van der Waals surface area contributed by atoms with Crippen LogP contribution < -0.4 is 5.69 Å². The highest BCUT2D eigenvalue weighted by Gasteiger charge is 2.29. The fraction of sp³-hybridized carbons (Fsp3) is 0.385. The van der Waals surface area contributed by atoms with Crippen molar-refractivity contribution in [2.75, 3.05) is 0 Å². The molecular formula is C13H15N3O2S. The van der Waals surface area contributed by atoms with E-state index in [1.54, 1.807) is 11.5 Å². The zero-order valence-electron chi connectivity index (χ0n) is 10.5. The van der Waals surface area contributed by atoms with Gasteiger partial charge in [-0.25, -0.2) is 9.89 Å². The minimum Gasteiger partial charge on any atom is -0.389 e. The lowest BCUT2D eigenvalue weighted by Crippen LogP contribution is -2.16. The van der Waals surface area contributed by atoms with Gasteiger partial charge in [-0.3, -0.25) is 4.57 Å². The van der Waals surface area contributed by atoms with Gasteiger partial charge in [-0.2, -0.15) is 0 Å². The number of nitrogens with one attached hydrogen (secondary N) is 1. The summed E-state index contributed by atoms with van der Waals surface area (Å²) in [6.07, 6.45) is 1.53. The highest BCUT2D eigenvalue weighted by molar-refractivity contribution is 7.99. The largest absolute Gasteiger partial charge is 0.389 e. The molecule has 19 heavy (non-hydrogen) atoms. The number of aromatic amines is 1. The molecule has 1 unspecified atom stereocenters. The molecule has 1 heterocycles. The molecule has 1 saturated carbocycles. The number of benzene rings is 1. The van der Waals surface area contributed by atoms with E-state index >= 15 is 0 Å². The van der Waals surface area contributed by atoms with E-state index in [0.717, 1.165) is 23.3 Å². The lowest BCUT2D eigenvalue weighted by Gasteiger charge is -2.11. The van der Waals surface area contributed by atoms with Crippen LogP contribution in [0.4, 0.5) is 0 Å². The topological polar surface area (TPSA) is 70.9 Å². The quantitative estimate of drug-likeness (QED) is 0.898. The van der Waals surface area contributed by atoms with Crippen LogP contribution in [0.2, 0.25) is 0 Å². The van der Waals surface area contributed by atoms with E-state index in [2.05, 4.69) is 10.2 Å². The predicted molar refractivity (Wildman–Crippen MR) is 72.3 cm³/mol. The zero-order valence-corrected chi connectivity index (χ0v) is 11.4. The fourth-order valence-electron chi connectivity index (χ4n) is 2.03. The van der Waals surface area contributed by atoms with Gasteiger partial charge in [-0.05, 0) is 43.2 Å². The molecule has 0 saturated heterocycles. The van der Waals surface area contributed by atoms with Gasteiger partial charge >= 0.3 is 5.69 Å². The summed E-state index contributed by atoms with van der Waals surface area (Å²) in [7, 11) is 0. The molecule has 100 valence electrons. The molecule has 5 nitrogen and oxygen atoms in total. The highest BCUT2D eigenvalue weighted by atomic mass is 32.2. The van der Waals surface area contributed by atoms with Crippen LogP contribution in [0.1, 0.15) is 37.5 Å². The van der Waals surface area contributed by atoms with Gasteiger partial charge in [0, 0.05) is 10.9 Å². The van der Waals surface area contributed by atoms with Crippen LogP contribution >= 0.6 is 11.8 Å². The van der Waals surface area contributed by atoms with Gasteiger partial charge in [-0.15, -0.1) is 5.10 Å². The molecule has 0 radical (unpaired) electrons. The first-order chi connectivity index (χ1) is 9.16. The Hall–Kier alpha value is -1.53. The maximum absolute atomic E-state index is 11.7. The second-order valence-electron chi connectivity index (χ2n) is 4.73. The van der Waals surface area contributed by atoms with Crippen LogP contribution in [0.15, 0.2) is 39.1 Å². The molecule has 1 atom stereocenters. The first kappa shape index (κ1) is 12.5. The van der Waals surface area contributed by atoms with Gasteiger partial charge in [-0.1, -0.05) is 18.2 Å². The number of aliphatic hydroxyl groups excluding tert-OH is 1. The molecule has 1 aromatic heterocycles. The van der Waals surface area contributed by atoms with Gasteiger partial charge in [0.25, 0.3) is 0 Å². The predicted octanol–water partition coefficient (Wildman–Crippen LogP) is 2.11. The van der Waals surface area contributed by atoms with Gasteiger partial charge in [0.15, 0.2) is 5.16 Å². The van der Waals surface area contributed by atoms with Gasteiger partial charge in [0.05, 0.1) is 6.10 Å². The van der Waals surface area contributed by atoms with Gasteiger partial charge < -0.3 is 5.11 Å². The Kier molecular flexibility index (Phi) is 3.20. The fourth-order valence-corrected chi connectivity index (χ4v) is 3.16. The molecule has 2 N–H and O–H groups in total. The van der Waals surface area contributed by atoms with E-state index in [1.165, 1.54) is 11.8 Å². The number of nitrogens with zero attached hydrogens (tertiary/aromatic N) is 2. The number of rotatable bonds is 4. The minimum absolute atomic E-state index is 0.153. The van der Waals surface area contributed by atoms with E-state index < -0.39 is 6.10 Å². The lowest BCUT2D eigenvalue weighted by molar-refractivity contribution is 0.196. The molecule has 1 fully saturated rings. The number of aliphatic hydroxyl groups is 1. The molecular weight excluding hydrogens is 262 g/mol. The third-order valence-corrected chi connectivity index (χ3v) is 4.22. The summed E-state index contributed by atoms with van der Waals surface area (Å²) < 4.78 is 1.71. The van der Waals surface area contributed by atoms with E-state index in [-0.39, 0.29) is 11.7 Å². The van der Waals surface area contributed by atoms with Crippen molar-refractivity contribution in [2.24, 2.45) is 0 Å². The molecule has 0 spiro atoms. The second kappa shape index (κ2) is 4.86. The van der Waals surface area contributed by atoms with Crippen molar-refractivity contribution in [3.63, 3.8) is 0 Å². The normalized spacial score (nSPS) is 16.5. The molecule has 1 aromatic carbocycles. The number of hydrogen-bond acceptors (Lipinski definition) is 4. The van der Waals surface area contributed by atoms with Crippen LogP contribution in [0.3, 0.4) is 0 Å². The Morgan fingerprint density at radius 2 is 2.21 bits per heavy atom. The van der Waals surface area contributed by atoms with E-state index in [1.807, 2.05) is 24.3 Å². The summed E-state index contributed by atoms with van der Waals surface area (Å²) >= 11 is 1.42. The van der Waals surface area contributed by atoms with Crippen molar-refractivity contribution in [3.8, 4) is 0 Å². The molecule has 1 aliphatic rings. The third kappa shape index (κ3) is 2.46. The Bertz CT molecular complexity index is 643. The monoisotopic (exact) mass is 277 g/mol. The first-order valence-corrected chi connectivity index (χ1v) is 7.10. The van der Waals surface area contributed by atoms with Gasteiger partial charge in [0.1, 0.15) is 0 Å². The van der Waals surface area contributed by atoms with Crippen LogP contribution in [0.25, 0.3) is 0 Å². The average molecular weight is 277 g/mol. The Labute approximate surface area is 114 Å². The molecule has 6 heteroatoms. The number of hydrogen-bond donors (Lipinski definition) is 2. The number of H-pyrrole nitrogens is 1. The number of aromatic nitrogens is 3. The summed E-state index contributed by atoms with van der Waals surface area (Å²) in [5.74, 6) is 0. The molecule has 0 amide bonds. The lowest BCUT2D eigenvalue weighted by atomic mass is 10.1. The molecule has 0 bridgehead atoms. The maximum Gasteiger partial charge on any atom is 0.344 e. The Balaban J connectivity index is 1.96. The van der Waals surface area contributed by atoms with Crippen molar-refractivity contribution in [1.82, 2.24) is 14.8 Å². The van der Waals surface area contributed by atoms with Crippen molar-refractivity contribution in [3.05, 3.63) is 40.3 Å². The van der Waals surface area contributed by atoms with Crippen LogP contribution in [0.5, 0.6) is 0 Å². The maximum atomic E-state index is 11.7. The van der Waals surface area contributed by atoms with Crippen LogP contribution in [-0.4, -0.2) is 19.9 Å². The van der Waals surface area contributed by atoms with Crippen molar-refractivity contribution < 1.29 is 5.11 Å². The van der Waals surface area contributed by atoms with E-state index in [4.69, 9.17) is 0 Å². The Morgan fingerprint density at radius 3 is 2.89 bits per heavy atom. The summed E-state index contributed by atoms with van der Waals surface area (Å²) in [6, 6.07) is 7.92. The molecule has 2 aromatic rings. The van der Waals surface area contributed by atoms with Crippen molar-refractivity contribution in [2.45, 2.75) is 42.0 Å². The Morgan fingerprint density at radius 1 is 1.47 bits per heavy atom. The van der Waals surface area contributed by atoms with Gasteiger partial charge in [0.2, 0.25) is 0 Å². The smallest absolute Gasteiger partial charge is 0.344 e. The SMILES string of the molecule is CC(O)c1ccccc1Sc1n[nH]c(=O)n1C1CC1. The zero-order chi connectivity index (χ0) is 13.4. The van der Waals surface area contributed by atoms with E-state index in [9.17, 15) is 9.90 Å². The summed E-state index contributed by atoms with van der Waals surface area (Å²) in [6.45, 7) is 1.73. The van der Waals surface area contributed by atoms with Crippen molar-refractivity contribution in [1.29, 1.82) is 0 Å². The molecule has 3 rings (SSSR count). The van der Waals surface area contributed by atoms with Crippen LogP contribution in [-0.2, 0) is 0 Å². The minimum atomic E-state index is -0.538. The first-order valence-electron chi connectivity index (χ1n) is 6.28. The molecule has 0 aliphatic heterocycles. The summed E-state index contributed by atoms with van der Waals surface area (Å²) in [4.78, 5) is 12.6. The van der Waals surface area contributed by atoms with Crippen LogP contribution in [0, 0.1) is 0 Å². The highest BCUT2D eigenvalue weighted by Crippen LogP contribution is 2.38. The van der Waals surface area contributed by atoms with E-state index in [0.29, 0.717) is 5.16 Å². The van der Waals surface area contributed by atoms with Crippen molar-refractivity contribution >= 4 is 11.8 Å². The summed E-state index contributed by atoms with van der Waals surface area (Å²) in [5, 5.41) is 17.0. The standard InChI is InChI=1S/C13H15N3O2S/c1-8(17)10-4-2-3-5-11(10)19-13-15-14-12(18)16(13)9-6-7-9/h2-5,8-9,17H,6-7H2,1H3,(H,14,18). The summed E-state index contributed by atoms with van der Waals surface area (Å²) in [5.41, 5.74) is 0.699.